The van der Waals surface area contributed by atoms with E-state index >= 15 is 0 Å². The number of carboxylic acid groups (broad SMARTS) is 1. The molecule has 0 aromatic heterocycles. The molecule has 2 N–H and O–H groups in total. The van der Waals surface area contributed by atoms with Gasteiger partial charge in [0.05, 0.1) is 5.54 Å². The first-order chi connectivity index (χ1) is 8.98. The Kier molecular flexibility index (Phi) is 3.00. The fourth-order valence-electron chi connectivity index (χ4n) is 3.64. The summed E-state index contributed by atoms with van der Waals surface area (Å²) in [7, 11) is 0. The molecule has 112 valence electrons. The van der Waals surface area contributed by atoms with Crippen molar-refractivity contribution >= 4 is 17.8 Å². The number of carbonyl (C=O) groups excluding carboxylic acids is 2. The van der Waals surface area contributed by atoms with Crippen molar-refractivity contribution < 1.29 is 24.7 Å². The second-order valence-corrected chi connectivity index (χ2v) is 6.65. The van der Waals surface area contributed by atoms with Crippen LogP contribution in [0, 0.1) is 0 Å². The van der Waals surface area contributed by atoms with E-state index in [4.69, 9.17) is 0 Å². The Morgan fingerprint density at radius 2 is 1.55 bits per heavy atom. The van der Waals surface area contributed by atoms with Crippen LogP contribution in [0.5, 0.6) is 0 Å². The van der Waals surface area contributed by atoms with Gasteiger partial charge in [0, 0.05) is 24.8 Å². The van der Waals surface area contributed by atoms with E-state index in [-0.39, 0.29) is 19.3 Å². The van der Waals surface area contributed by atoms with Crippen molar-refractivity contribution in [3.8, 4) is 0 Å². The molecule has 0 aromatic rings. The summed E-state index contributed by atoms with van der Waals surface area (Å²) in [6, 6.07) is 0. The van der Waals surface area contributed by atoms with Gasteiger partial charge in [-0.2, -0.15) is 5.06 Å². The summed E-state index contributed by atoms with van der Waals surface area (Å²) in [6.07, 6.45) is 0.0297. The molecule has 2 heterocycles. The number of rotatable bonds is 2. The molecular weight excluding hydrogens is 264 g/mol. The number of hydroxylamine groups is 2. The first-order valence-electron chi connectivity index (χ1n) is 6.57. The van der Waals surface area contributed by atoms with Gasteiger partial charge in [-0.1, -0.05) is 0 Å². The average Bonchev–Trinajstić information content (AvgIpc) is 2.70. The summed E-state index contributed by atoms with van der Waals surface area (Å²) in [6.45, 7) is 6.44. The Morgan fingerprint density at radius 1 is 1.10 bits per heavy atom. The molecule has 0 radical (unpaired) electrons. The number of nitrogens with zero attached hydrogens (tertiary/aromatic N) is 2. The van der Waals surface area contributed by atoms with Crippen molar-refractivity contribution in [2.45, 2.75) is 63.6 Å². The zero-order chi connectivity index (χ0) is 15.5. The molecule has 2 amide bonds. The van der Waals surface area contributed by atoms with Crippen LogP contribution in [-0.2, 0) is 14.4 Å². The molecule has 2 saturated heterocycles. The second kappa shape index (κ2) is 4.02. The SMILES string of the molecule is CC1(C)CC(C(=O)O)(N2C(=O)CCC2=O)C(C)(C)N1O. The normalized spacial score (nSPS) is 33.0. The van der Waals surface area contributed by atoms with Gasteiger partial charge in [0.15, 0.2) is 5.54 Å². The van der Waals surface area contributed by atoms with Gasteiger partial charge in [-0.15, -0.1) is 0 Å². The minimum Gasteiger partial charge on any atom is -0.479 e. The molecule has 0 aromatic carbocycles. The molecule has 7 heteroatoms. The minimum absolute atomic E-state index is 0.0175. The predicted octanol–water partition coefficient (Wildman–Crippen LogP) is 0.611. The minimum atomic E-state index is -1.75. The fraction of sp³-hybridized carbons (Fsp3) is 0.769. The number of hydrogen-bond donors (Lipinski definition) is 2. The number of aliphatic carboxylic acids is 1. The Morgan fingerprint density at radius 3 is 1.85 bits per heavy atom. The Hall–Kier alpha value is -1.47. The van der Waals surface area contributed by atoms with Gasteiger partial charge in [-0.05, 0) is 27.7 Å². The van der Waals surface area contributed by atoms with Crippen LogP contribution in [0.25, 0.3) is 0 Å². The molecule has 7 nitrogen and oxygen atoms in total. The quantitative estimate of drug-likeness (QED) is 0.721. The highest BCUT2D eigenvalue weighted by Crippen LogP contribution is 2.51. The first kappa shape index (κ1) is 14.9. The van der Waals surface area contributed by atoms with Crippen LogP contribution in [-0.4, -0.2) is 54.7 Å². The average molecular weight is 284 g/mol. The highest BCUT2D eigenvalue weighted by molar-refractivity contribution is 6.07. The van der Waals surface area contributed by atoms with E-state index in [1.807, 2.05) is 0 Å². The summed E-state index contributed by atoms with van der Waals surface area (Å²) in [5, 5.41) is 21.0. The number of imide groups is 1. The van der Waals surface area contributed by atoms with Crippen LogP contribution in [0.4, 0.5) is 0 Å². The molecule has 2 aliphatic heterocycles. The highest BCUT2D eigenvalue weighted by atomic mass is 16.5. The Labute approximate surface area is 117 Å². The van der Waals surface area contributed by atoms with Crippen LogP contribution in [0.15, 0.2) is 0 Å². The van der Waals surface area contributed by atoms with Gasteiger partial charge in [0.2, 0.25) is 11.8 Å². The molecule has 0 bridgehead atoms. The number of likely N-dealkylation sites (tertiary alicyclic amines) is 1. The standard InChI is InChI=1S/C13H20N2O5/c1-11(2)7-13(10(18)19,12(3,4)15(11)20)14-8(16)5-6-9(14)17/h20H,5-7H2,1-4H3,(H,18,19). The number of carboxylic acids is 1. The van der Waals surface area contributed by atoms with E-state index in [1.165, 1.54) is 13.8 Å². The lowest BCUT2D eigenvalue weighted by atomic mass is 9.77. The van der Waals surface area contributed by atoms with E-state index in [0.29, 0.717) is 0 Å². The molecule has 1 atom stereocenters. The molecular formula is C13H20N2O5. The van der Waals surface area contributed by atoms with Crippen LogP contribution < -0.4 is 0 Å². The lowest BCUT2D eigenvalue weighted by Gasteiger charge is -2.44. The van der Waals surface area contributed by atoms with Crippen LogP contribution in [0.2, 0.25) is 0 Å². The van der Waals surface area contributed by atoms with Gasteiger partial charge in [-0.25, -0.2) is 4.79 Å². The van der Waals surface area contributed by atoms with Crippen LogP contribution in [0.1, 0.15) is 47.0 Å². The lowest BCUT2D eigenvalue weighted by Crippen LogP contribution is -2.68. The molecule has 0 saturated carbocycles. The summed E-state index contributed by atoms with van der Waals surface area (Å²) >= 11 is 0. The molecule has 0 aliphatic carbocycles. The summed E-state index contributed by atoms with van der Waals surface area (Å²) in [5.74, 6) is -2.25. The maximum Gasteiger partial charge on any atom is 0.332 e. The summed E-state index contributed by atoms with van der Waals surface area (Å²) in [4.78, 5) is 36.9. The third kappa shape index (κ3) is 1.56. The molecule has 2 fully saturated rings. The van der Waals surface area contributed by atoms with Crippen molar-refractivity contribution in [3.05, 3.63) is 0 Å². The summed E-state index contributed by atoms with van der Waals surface area (Å²) < 4.78 is 0. The molecule has 20 heavy (non-hydrogen) atoms. The van der Waals surface area contributed by atoms with Crippen molar-refractivity contribution in [2.75, 3.05) is 0 Å². The molecule has 2 rings (SSSR count). The van der Waals surface area contributed by atoms with E-state index in [1.54, 1.807) is 13.8 Å². The van der Waals surface area contributed by atoms with Crippen LogP contribution in [0.3, 0.4) is 0 Å². The first-order valence-corrected chi connectivity index (χ1v) is 6.57. The van der Waals surface area contributed by atoms with Gasteiger partial charge >= 0.3 is 5.97 Å². The van der Waals surface area contributed by atoms with E-state index in [9.17, 15) is 24.7 Å². The van der Waals surface area contributed by atoms with E-state index in [2.05, 4.69) is 0 Å². The maximum absolute atomic E-state index is 12.0. The van der Waals surface area contributed by atoms with E-state index in [0.717, 1.165) is 9.96 Å². The molecule has 2 aliphatic rings. The number of amides is 2. The van der Waals surface area contributed by atoms with E-state index < -0.39 is 34.4 Å². The maximum atomic E-state index is 12.0. The van der Waals surface area contributed by atoms with Gasteiger partial charge < -0.3 is 10.3 Å². The monoisotopic (exact) mass is 284 g/mol. The largest absolute Gasteiger partial charge is 0.479 e. The van der Waals surface area contributed by atoms with Crippen molar-refractivity contribution in [2.24, 2.45) is 0 Å². The van der Waals surface area contributed by atoms with Crippen molar-refractivity contribution in [1.29, 1.82) is 0 Å². The van der Waals surface area contributed by atoms with Gasteiger partial charge in [0.1, 0.15) is 0 Å². The highest BCUT2D eigenvalue weighted by Gasteiger charge is 2.70. The van der Waals surface area contributed by atoms with Crippen molar-refractivity contribution in [3.63, 3.8) is 0 Å². The number of carbonyl (C=O) groups is 3. The smallest absolute Gasteiger partial charge is 0.332 e. The number of hydrogen-bond acceptors (Lipinski definition) is 5. The molecule has 0 spiro atoms. The summed E-state index contributed by atoms with van der Waals surface area (Å²) in [5.41, 5.74) is -3.89. The van der Waals surface area contributed by atoms with Gasteiger partial charge in [-0.3, -0.25) is 14.5 Å². The Balaban J connectivity index is 2.66. The molecule has 1 unspecified atom stereocenters. The zero-order valence-corrected chi connectivity index (χ0v) is 12.1. The third-order valence-corrected chi connectivity index (χ3v) is 4.59. The second-order valence-electron chi connectivity index (χ2n) is 6.65. The Bertz CT molecular complexity index is 483. The lowest BCUT2D eigenvalue weighted by molar-refractivity contribution is -0.211. The van der Waals surface area contributed by atoms with Crippen molar-refractivity contribution in [1.82, 2.24) is 9.96 Å². The van der Waals surface area contributed by atoms with Crippen LogP contribution >= 0.6 is 0 Å². The fourth-order valence-corrected chi connectivity index (χ4v) is 3.64. The third-order valence-electron chi connectivity index (χ3n) is 4.59. The predicted molar refractivity (Wildman–Crippen MR) is 67.9 cm³/mol. The van der Waals surface area contributed by atoms with Gasteiger partial charge in [0.25, 0.3) is 0 Å². The topological polar surface area (TPSA) is 98.2 Å². The zero-order valence-electron chi connectivity index (χ0n) is 12.1.